The predicted molar refractivity (Wildman–Crippen MR) is 48.4 cm³/mol. The van der Waals surface area contributed by atoms with Gasteiger partial charge in [-0.3, -0.25) is 0 Å². The van der Waals surface area contributed by atoms with E-state index in [0.717, 1.165) is 6.08 Å². The van der Waals surface area contributed by atoms with Crippen molar-refractivity contribution < 1.29 is 9.90 Å². The maximum Gasteiger partial charge on any atom is 0.327 e. The number of hydrogen-bond donors (Lipinski definition) is 1. The monoisotopic (exact) mass is 180 g/mol. The Balaban J connectivity index is 0.000000130. The molecule has 0 saturated heterocycles. The molecule has 0 atom stereocenters. The van der Waals surface area contributed by atoms with Crippen LogP contribution < -0.4 is 0 Å². The highest BCUT2D eigenvalue weighted by atomic mass is 32.2. The van der Waals surface area contributed by atoms with Gasteiger partial charge in [-0.15, -0.1) is 0 Å². The molecule has 1 N–H and O–H groups in total. The first kappa shape index (κ1) is 8.87. The van der Waals surface area contributed by atoms with E-state index < -0.39 is 5.97 Å². The molecular formula is C9H8O2S. The summed E-state index contributed by atoms with van der Waals surface area (Å²) in [5, 5.41) is 7.60. The molecule has 3 heteroatoms. The molecule has 0 spiro atoms. The van der Waals surface area contributed by atoms with Crippen molar-refractivity contribution in [3.8, 4) is 0 Å². The molecular weight excluding hydrogens is 172 g/mol. The first-order valence-corrected chi connectivity index (χ1v) is 4.18. The molecule has 0 aliphatic carbocycles. The summed E-state index contributed by atoms with van der Waals surface area (Å²) in [5.74, 6) is -0.981. The van der Waals surface area contributed by atoms with Gasteiger partial charge in [0.2, 0.25) is 0 Å². The fourth-order valence-corrected chi connectivity index (χ4v) is 1.23. The second kappa shape index (κ2) is 3.97. The zero-order valence-corrected chi connectivity index (χ0v) is 7.17. The summed E-state index contributed by atoms with van der Waals surface area (Å²) >= 11 is 1.86. The van der Waals surface area contributed by atoms with Gasteiger partial charge in [-0.05, 0) is 12.1 Å². The van der Waals surface area contributed by atoms with Crippen LogP contribution in [0, 0.1) is 0 Å². The van der Waals surface area contributed by atoms with Crippen LogP contribution in [0.25, 0.3) is 0 Å². The number of carbonyl (C=O) groups is 1. The average molecular weight is 180 g/mol. The molecule has 0 unspecified atom stereocenters. The summed E-state index contributed by atoms with van der Waals surface area (Å²) in [5.41, 5.74) is 0. The van der Waals surface area contributed by atoms with Crippen LogP contribution in [0.1, 0.15) is 0 Å². The summed E-state index contributed by atoms with van der Waals surface area (Å²) < 4.78 is 0. The van der Waals surface area contributed by atoms with Crippen LogP contribution in [0.2, 0.25) is 0 Å². The third kappa shape index (κ3) is 2.80. The number of benzene rings is 1. The van der Waals surface area contributed by atoms with Crippen molar-refractivity contribution in [1.82, 2.24) is 0 Å². The molecule has 0 amide bonds. The second-order valence-electron chi connectivity index (χ2n) is 2.09. The average Bonchev–Trinajstić information content (AvgIpc) is 2.83. The zero-order chi connectivity index (χ0) is 8.97. The van der Waals surface area contributed by atoms with Gasteiger partial charge in [-0.2, -0.15) is 0 Å². The van der Waals surface area contributed by atoms with E-state index in [1.807, 2.05) is 11.8 Å². The van der Waals surface area contributed by atoms with E-state index in [2.05, 4.69) is 30.8 Å². The lowest BCUT2D eigenvalue weighted by Crippen LogP contribution is -1.82. The summed E-state index contributed by atoms with van der Waals surface area (Å²) in [6.07, 6.45) is 0.833. The van der Waals surface area contributed by atoms with Crippen LogP contribution in [-0.4, -0.2) is 11.1 Å². The minimum absolute atomic E-state index is 0.833. The lowest BCUT2D eigenvalue weighted by molar-refractivity contribution is -0.131. The van der Waals surface area contributed by atoms with Gasteiger partial charge in [0.15, 0.2) is 0 Å². The SMILES string of the molecule is C=CC(=O)O.c1ccc2c(c1)S2. The van der Waals surface area contributed by atoms with Gasteiger partial charge in [-0.25, -0.2) is 4.79 Å². The molecule has 12 heavy (non-hydrogen) atoms. The number of fused-ring (bicyclic) bond motifs is 1. The number of hydrogen-bond acceptors (Lipinski definition) is 2. The summed E-state index contributed by atoms with van der Waals surface area (Å²) in [7, 11) is 0. The Hall–Kier alpha value is -1.22. The Labute approximate surface area is 74.9 Å². The standard InChI is InChI=1S/C6H4S.C3H4O2/c1-2-4-6-5(3-1)7-6;1-2-3(4)5/h1-4H;2H,1H2,(H,4,5). The molecule has 62 valence electrons. The van der Waals surface area contributed by atoms with Crippen LogP contribution in [0.4, 0.5) is 0 Å². The molecule has 0 saturated carbocycles. The Bertz CT molecular complexity index is 286. The van der Waals surface area contributed by atoms with Crippen LogP contribution in [0.5, 0.6) is 0 Å². The third-order valence-electron chi connectivity index (χ3n) is 1.20. The first-order valence-electron chi connectivity index (χ1n) is 3.36. The largest absolute Gasteiger partial charge is 0.478 e. The van der Waals surface area contributed by atoms with E-state index in [0.29, 0.717) is 0 Å². The lowest BCUT2D eigenvalue weighted by atomic mass is 10.4. The molecule has 2 nitrogen and oxygen atoms in total. The fraction of sp³-hybridized carbons (Fsp3) is 0. The van der Waals surface area contributed by atoms with Gasteiger partial charge in [0, 0.05) is 15.9 Å². The normalized spacial score (nSPS) is 10.3. The molecule has 0 aromatic heterocycles. The highest BCUT2D eigenvalue weighted by molar-refractivity contribution is 8.04. The Morgan fingerprint density at radius 3 is 2.08 bits per heavy atom. The van der Waals surface area contributed by atoms with E-state index in [9.17, 15) is 4.79 Å². The van der Waals surface area contributed by atoms with Gasteiger partial charge in [0.25, 0.3) is 0 Å². The molecule has 0 bridgehead atoms. The Morgan fingerprint density at radius 1 is 1.42 bits per heavy atom. The van der Waals surface area contributed by atoms with Gasteiger partial charge in [-0.1, -0.05) is 30.5 Å². The second-order valence-corrected chi connectivity index (χ2v) is 3.17. The number of rotatable bonds is 1. The van der Waals surface area contributed by atoms with E-state index in [-0.39, 0.29) is 0 Å². The van der Waals surface area contributed by atoms with E-state index >= 15 is 0 Å². The van der Waals surface area contributed by atoms with Crippen molar-refractivity contribution in [2.75, 3.05) is 0 Å². The molecule has 2 rings (SSSR count). The summed E-state index contributed by atoms with van der Waals surface area (Å²) in [6.45, 7) is 2.96. The van der Waals surface area contributed by atoms with E-state index in [1.165, 1.54) is 9.79 Å². The summed E-state index contributed by atoms with van der Waals surface area (Å²) in [6, 6.07) is 8.41. The summed E-state index contributed by atoms with van der Waals surface area (Å²) in [4.78, 5) is 12.1. The zero-order valence-electron chi connectivity index (χ0n) is 6.36. The minimum Gasteiger partial charge on any atom is -0.478 e. The van der Waals surface area contributed by atoms with Crippen LogP contribution in [0.3, 0.4) is 0 Å². The van der Waals surface area contributed by atoms with Crippen LogP contribution >= 0.6 is 11.8 Å². The molecule has 1 aromatic carbocycles. The maximum atomic E-state index is 9.25. The maximum absolute atomic E-state index is 9.25. The third-order valence-corrected chi connectivity index (χ3v) is 2.15. The predicted octanol–water partition coefficient (Wildman–Crippen LogP) is 2.41. The fourth-order valence-electron chi connectivity index (χ4n) is 0.611. The van der Waals surface area contributed by atoms with Crippen molar-refractivity contribution in [2.24, 2.45) is 0 Å². The lowest BCUT2D eigenvalue weighted by Gasteiger charge is -1.66. The molecule has 1 aliphatic heterocycles. The van der Waals surface area contributed by atoms with Crippen LogP contribution in [-0.2, 0) is 4.79 Å². The first-order chi connectivity index (χ1) is 5.74. The van der Waals surface area contributed by atoms with Gasteiger partial charge in [0.1, 0.15) is 0 Å². The highest BCUT2D eigenvalue weighted by Gasteiger charge is 2.14. The molecule has 0 fully saturated rings. The van der Waals surface area contributed by atoms with Crippen molar-refractivity contribution in [2.45, 2.75) is 9.79 Å². The molecule has 1 heterocycles. The molecule has 1 aromatic rings. The van der Waals surface area contributed by atoms with Crippen LogP contribution in [0.15, 0.2) is 46.7 Å². The van der Waals surface area contributed by atoms with Crippen molar-refractivity contribution in [3.63, 3.8) is 0 Å². The van der Waals surface area contributed by atoms with Crippen molar-refractivity contribution in [1.29, 1.82) is 0 Å². The van der Waals surface area contributed by atoms with Crippen molar-refractivity contribution in [3.05, 3.63) is 36.9 Å². The molecule has 0 radical (unpaired) electrons. The minimum atomic E-state index is -0.981. The van der Waals surface area contributed by atoms with Gasteiger partial charge in [0.05, 0.1) is 0 Å². The smallest absolute Gasteiger partial charge is 0.327 e. The van der Waals surface area contributed by atoms with E-state index in [1.54, 1.807) is 0 Å². The van der Waals surface area contributed by atoms with Gasteiger partial charge >= 0.3 is 5.97 Å². The quantitative estimate of drug-likeness (QED) is 0.541. The van der Waals surface area contributed by atoms with Crippen molar-refractivity contribution >= 4 is 17.7 Å². The number of carboxylic acids is 1. The Morgan fingerprint density at radius 2 is 1.83 bits per heavy atom. The van der Waals surface area contributed by atoms with E-state index in [4.69, 9.17) is 5.11 Å². The van der Waals surface area contributed by atoms with Gasteiger partial charge < -0.3 is 5.11 Å². The molecule has 1 aliphatic rings. The Kier molecular flexibility index (Phi) is 2.94. The topological polar surface area (TPSA) is 37.3 Å². The number of aliphatic carboxylic acids is 1. The highest BCUT2D eigenvalue weighted by Crippen LogP contribution is 2.47. The number of carboxylic acid groups (broad SMARTS) is 1.